The summed E-state index contributed by atoms with van der Waals surface area (Å²) in [4.78, 5) is 15.3. The van der Waals surface area contributed by atoms with Crippen LogP contribution in [0.1, 0.15) is 0 Å². The molecule has 5 nitrogen and oxygen atoms in total. The van der Waals surface area contributed by atoms with Crippen molar-refractivity contribution in [3.05, 3.63) is 152 Å². The maximum atomic E-state index is 6.92. The molecule has 0 aliphatic rings. The van der Waals surface area contributed by atoms with Crippen molar-refractivity contribution in [2.24, 2.45) is 0 Å². The van der Waals surface area contributed by atoms with Crippen LogP contribution in [0.4, 0.5) is 0 Å². The van der Waals surface area contributed by atoms with Crippen molar-refractivity contribution in [2.45, 2.75) is 0 Å². The van der Waals surface area contributed by atoms with E-state index in [4.69, 9.17) is 23.8 Å². The van der Waals surface area contributed by atoms with Crippen molar-refractivity contribution in [3.63, 3.8) is 0 Å². The fourth-order valence-corrected chi connectivity index (χ4v) is 8.50. The standard InChI is InChI=1S/C45H25N3O2S/c1-2-11-26(12-3-1)43-46-44(27-23-24-39-35(25-27)28-13-5-7-22-38(28)51-39)48-45(47-43)34-19-9-18-32-31-17-8-16-30(41(31)50-42(32)34)29-15-10-21-37-40(29)33-14-4-6-20-36(33)49-37/h1-25H. The number of thiophene rings is 1. The van der Waals surface area contributed by atoms with E-state index in [2.05, 4.69) is 91.0 Å². The van der Waals surface area contributed by atoms with Gasteiger partial charge >= 0.3 is 0 Å². The van der Waals surface area contributed by atoms with Crippen LogP contribution in [0, 0.1) is 0 Å². The molecule has 0 amide bonds. The molecule has 0 spiro atoms. The summed E-state index contributed by atoms with van der Waals surface area (Å²) in [5, 5.41) is 6.62. The molecule has 7 aromatic carbocycles. The molecular formula is C45H25N3O2S. The van der Waals surface area contributed by atoms with Crippen molar-refractivity contribution in [2.75, 3.05) is 0 Å². The van der Waals surface area contributed by atoms with E-state index >= 15 is 0 Å². The Balaban J connectivity index is 1.14. The molecule has 0 fully saturated rings. The fourth-order valence-electron chi connectivity index (χ4n) is 7.41. The Kier molecular flexibility index (Phi) is 6.05. The van der Waals surface area contributed by atoms with Gasteiger partial charge in [-0.2, -0.15) is 0 Å². The quantitative estimate of drug-likeness (QED) is 0.186. The Hall–Kier alpha value is -6.63. The number of aromatic nitrogens is 3. The third-order valence-corrected chi connectivity index (χ3v) is 10.9. The Morgan fingerprint density at radius 3 is 1.84 bits per heavy atom. The second kappa shape index (κ2) is 10.9. The zero-order valence-electron chi connectivity index (χ0n) is 27.0. The average molecular weight is 672 g/mol. The molecule has 0 N–H and O–H groups in total. The monoisotopic (exact) mass is 671 g/mol. The van der Waals surface area contributed by atoms with Crippen molar-refractivity contribution >= 4 is 75.4 Å². The Bertz CT molecular complexity index is 3160. The zero-order chi connectivity index (χ0) is 33.5. The van der Waals surface area contributed by atoms with Crippen LogP contribution in [0.3, 0.4) is 0 Å². The minimum atomic E-state index is 0.559. The number of hydrogen-bond donors (Lipinski definition) is 0. The van der Waals surface area contributed by atoms with Gasteiger partial charge < -0.3 is 8.83 Å². The minimum Gasteiger partial charge on any atom is -0.456 e. The van der Waals surface area contributed by atoms with Gasteiger partial charge in [0.25, 0.3) is 0 Å². The van der Waals surface area contributed by atoms with Crippen molar-refractivity contribution < 1.29 is 8.83 Å². The third-order valence-electron chi connectivity index (χ3n) is 9.76. The summed E-state index contributed by atoms with van der Waals surface area (Å²) < 4.78 is 15.7. The molecule has 238 valence electrons. The van der Waals surface area contributed by atoms with Gasteiger partial charge in [0.05, 0.1) is 5.56 Å². The number of nitrogens with zero attached hydrogens (tertiary/aromatic N) is 3. The van der Waals surface area contributed by atoms with Gasteiger partial charge in [-0.1, -0.05) is 109 Å². The van der Waals surface area contributed by atoms with E-state index in [0.29, 0.717) is 17.5 Å². The Morgan fingerprint density at radius 1 is 0.373 bits per heavy atom. The highest BCUT2D eigenvalue weighted by Crippen LogP contribution is 2.43. The highest BCUT2D eigenvalue weighted by molar-refractivity contribution is 7.25. The second-order valence-corrected chi connectivity index (χ2v) is 13.8. The van der Waals surface area contributed by atoms with Crippen LogP contribution in [0.5, 0.6) is 0 Å². The van der Waals surface area contributed by atoms with Crippen LogP contribution in [-0.2, 0) is 0 Å². The van der Waals surface area contributed by atoms with Gasteiger partial charge in [-0.3, -0.25) is 0 Å². The molecule has 4 heterocycles. The highest BCUT2D eigenvalue weighted by atomic mass is 32.1. The third kappa shape index (κ3) is 4.37. The summed E-state index contributed by atoms with van der Waals surface area (Å²) in [6.45, 7) is 0. The Morgan fingerprint density at radius 2 is 0.980 bits per heavy atom. The summed E-state index contributed by atoms with van der Waals surface area (Å²) in [7, 11) is 0. The van der Waals surface area contributed by atoms with Crippen LogP contribution >= 0.6 is 11.3 Å². The number of fused-ring (bicyclic) bond motifs is 9. The van der Waals surface area contributed by atoms with E-state index in [1.54, 1.807) is 11.3 Å². The van der Waals surface area contributed by atoms with Crippen molar-refractivity contribution in [1.82, 2.24) is 15.0 Å². The topological polar surface area (TPSA) is 65.0 Å². The zero-order valence-corrected chi connectivity index (χ0v) is 27.8. The first-order valence-electron chi connectivity index (χ1n) is 16.9. The first-order chi connectivity index (χ1) is 25.3. The summed E-state index contributed by atoms with van der Waals surface area (Å²) in [6, 6.07) is 52.0. The van der Waals surface area contributed by atoms with E-state index in [1.807, 2.05) is 60.7 Å². The van der Waals surface area contributed by atoms with E-state index in [0.717, 1.165) is 71.7 Å². The first kappa shape index (κ1) is 28.2. The molecule has 0 saturated carbocycles. The Labute approximate surface area is 295 Å². The molecule has 11 aromatic rings. The molecule has 0 aliphatic carbocycles. The summed E-state index contributed by atoms with van der Waals surface area (Å²) in [5.74, 6) is 1.78. The SMILES string of the molecule is c1ccc(-c2nc(-c3ccc4sc5ccccc5c4c3)nc(-c3cccc4c3oc3c(-c5cccc6oc7ccccc7c56)cccc34)n2)cc1. The van der Waals surface area contributed by atoms with Crippen LogP contribution in [0.15, 0.2) is 160 Å². The normalized spacial score (nSPS) is 11.9. The predicted molar refractivity (Wildman–Crippen MR) is 209 cm³/mol. The minimum absolute atomic E-state index is 0.559. The van der Waals surface area contributed by atoms with Gasteiger partial charge in [-0.05, 0) is 48.0 Å². The van der Waals surface area contributed by atoms with Crippen LogP contribution in [0.25, 0.3) is 109 Å². The van der Waals surface area contributed by atoms with Gasteiger partial charge in [0.1, 0.15) is 22.3 Å². The molecule has 0 bridgehead atoms. The lowest BCUT2D eigenvalue weighted by Gasteiger charge is -2.09. The average Bonchev–Trinajstić information content (AvgIpc) is 3.89. The predicted octanol–water partition coefficient (Wildman–Crippen LogP) is 12.7. The van der Waals surface area contributed by atoms with Crippen LogP contribution < -0.4 is 0 Å². The fraction of sp³-hybridized carbons (Fsp3) is 0. The van der Waals surface area contributed by atoms with Gasteiger partial charge in [-0.25, -0.2) is 15.0 Å². The second-order valence-electron chi connectivity index (χ2n) is 12.7. The van der Waals surface area contributed by atoms with Gasteiger partial charge in [0, 0.05) is 58.4 Å². The molecular weight excluding hydrogens is 647 g/mol. The maximum absolute atomic E-state index is 6.92. The molecule has 11 rings (SSSR count). The number of hydrogen-bond acceptors (Lipinski definition) is 6. The maximum Gasteiger partial charge on any atom is 0.167 e. The lowest BCUT2D eigenvalue weighted by molar-refractivity contribution is 0.669. The molecule has 0 unspecified atom stereocenters. The number of benzene rings is 7. The molecule has 0 aliphatic heterocycles. The number of furan rings is 2. The molecule has 0 atom stereocenters. The summed E-state index contributed by atoms with van der Waals surface area (Å²) in [6.07, 6.45) is 0. The smallest absolute Gasteiger partial charge is 0.167 e. The van der Waals surface area contributed by atoms with Gasteiger partial charge in [-0.15, -0.1) is 11.3 Å². The highest BCUT2D eigenvalue weighted by Gasteiger charge is 2.21. The number of para-hydroxylation sites is 3. The molecule has 4 aromatic heterocycles. The lowest BCUT2D eigenvalue weighted by Crippen LogP contribution is -2.00. The first-order valence-corrected chi connectivity index (χ1v) is 17.7. The lowest BCUT2D eigenvalue weighted by atomic mass is 9.97. The van der Waals surface area contributed by atoms with Gasteiger partial charge in [0.2, 0.25) is 0 Å². The van der Waals surface area contributed by atoms with Crippen molar-refractivity contribution in [1.29, 1.82) is 0 Å². The van der Waals surface area contributed by atoms with E-state index in [1.165, 1.54) is 20.2 Å². The largest absolute Gasteiger partial charge is 0.456 e. The molecule has 6 heteroatoms. The van der Waals surface area contributed by atoms with E-state index in [9.17, 15) is 0 Å². The molecule has 51 heavy (non-hydrogen) atoms. The number of rotatable bonds is 4. The van der Waals surface area contributed by atoms with Crippen molar-refractivity contribution in [3.8, 4) is 45.3 Å². The van der Waals surface area contributed by atoms with E-state index in [-0.39, 0.29) is 0 Å². The van der Waals surface area contributed by atoms with E-state index < -0.39 is 0 Å². The van der Waals surface area contributed by atoms with Crippen LogP contribution in [0.2, 0.25) is 0 Å². The summed E-state index contributed by atoms with van der Waals surface area (Å²) in [5.41, 5.74) is 8.00. The van der Waals surface area contributed by atoms with Gasteiger partial charge in [0.15, 0.2) is 17.5 Å². The summed E-state index contributed by atoms with van der Waals surface area (Å²) >= 11 is 1.80. The molecule has 0 saturated heterocycles. The van der Waals surface area contributed by atoms with Crippen LogP contribution in [-0.4, -0.2) is 15.0 Å². The molecule has 0 radical (unpaired) electrons.